The van der Waals surface area contributed by atoms with Gasteiger partial charge in [0.05, 0.1) is 18.2 Å². The van der Waals surface area contributed by atoms with Crippen LogP contribution >= 0.6 is 0 Å². The summed E-state index contributed by atoms with van der Waals surface area (Å²) in [4.78, 5) is 25.7. The van der Waals surface area contributed by atoms with E-state index in [0.717, 1.165) is 11.3 Å². The average Bonchev–Trinajstić information content (AvgIpc) is 2.37. The highest BCUT2D eigenvalue weighted by molar-refractivity contribution is 5.77. The molecule has 1 unspecified atom stereocenters. The maximum atomic E-state index is 12.3. The van der Waals surface area contributed by atoms with Gasteiger partial charge in [-0.2, -0.15) is 5.10 Å². The lowest BCUT2D eigenvalue weighted by molar-refractivity contribution is -0.134. The first kappa shape index (κ1) is 16.7. The van der Waals surface area contributed by atoms with Gasteiger partial charge in [-0.15, -0.1) is 0 Å². The van der Waals surface area contributed by atoms with Crippen molar-refractivity contribution in [3.05, 3.63) is 27.7 Å². The molecule has 0 spiro atoms. The topological polar surface area (TPSA) is 75.4 Å². The van der Waals surface area contributed by atoms with Gasteiger partial charge in [0.15, 0.2) is 0 Å². The van der Waals surface area contributed by atoms with E-state index in [1.807, 2.05) is 20.8 Å². The Bertz CT molecular complexity index is 616. The zero-order chi connectivity index (χ0) is 16.5. The smallest absolute Gasteiger partial charge is 0.266 e. The van der Waals surface area contributed by atoms with Crippen molar-refractivity contribution in [2.24, 2.45) is 12.5 Å². The largest absolute Gasteiger partial charge is 0.393 e. The molecule has 0 radical (unpaired) electrons. The summed E-state index contributed by atoms with van der Waals surface area (Å²) in [6, 6.07) is 1.55. The molecule has 6 nitrogen and oxygen atoms in total. The summed E-state index contributed by atoms with van der Waals surface area (Å²) in [5.41, 5.74) is 1.51. The second-order valence-electron chi connectivity index (χ2n) is 7.27. The number of fused-ring (bicyclic) bond motifs is 1. The lowest BCUT2D eigenvalue weighted by Crippen LogP contribution is -2.39. The highest BCUT2D eigenvalue weighted by atomic mass is 16.3. The van der Waals surface area contributed by atoms with Crippen molar-refractivity contribution in [1.29, 1.82) is 0 Å². The van der Waals surface area contributed by atoms with E-state index in [4.69, 9.17) is 0 Å². The molecule has 0 aromatic carbocycles. The van der Waals surface area contributed by atoms with Gasteiger partial charge in [0.1, 0.15) is 0 Å². The molecule has 2 rings (SSSR count). The predicted molar refractivity (Wildman–Crippen MR) is 83.3 cm³/mol. The summed E-state index contributed by atoms with van der Waals surface area (Å²) in [5.74, 6) is -0.0666. The van der Waals surface area contributed by atoms with Crippen LogP contribution in [0, 0.1) is 5.41 Å². The fourth-order valence-electron chi connectivity index (χ4n) is 2.82. The molecule has 0 saturated heterocycles. The zero-order valence-corrected chi connectivity index (χ0v) is 13.8. The van der Waals surface area contributed by atoms with Gasteiger partial charge in [0.25, 0.3) is 5.56 Å². The molecule has 0 fully saturated rings. The molecule has 0 bridgehead atoms. The number of aliphatic hydroxyl groups excluding tert-OH is 1. The van der Waals surface area contributed by atoms with Crippen LogP contribution in [0.4, 0.5) is 0 Å². The number of rotatable bonds is 3. The molecule has 1 amide bonds. The van der Waals surface area contributed by atoms with E-state index >= 15 is 0 Å². The third-order valence-electron chi connectivity index (χ3n) is 3.85. The van der Waals surface area contributed by atoms with E-state index in [2.05, 4.69) is 5.10 Å². The van der Waals surface area contributed by atoms with Crippen LogP contribution < -0.4 is 5.56 Å². The first-order valence-electron chi connectivity index (χ1n) is 7.67. The molecule has 1 N–H and O–H groups in total. The monoisotopic (exact) mass is 307 g/mol. The van der Waals surface area contributed by atoms with Crippen LogP contribution in [-0.4, -0.2) is 38.3 Å². The summed E-state index contributed by atoms with van der Waals surface area (Å²) in [6.07, 6.45) is 0.733. The van der Waals surface area contributed by atoms with Gasteiger partial charge >= 0.3 is 0 Å². The van der Waals surface area contributed by atoms with Crippen molar-refractivity contribution in [3.63, 3.8) is 0 Å². The summed E-state index contributed by atoms with van der Waals surface area (Å²) >= 11 is 0. The Balaban J connectivity index is 2.01. The lowest BCUT2D eigenvalue weighted by atomic mass is 9.88. The Hall–Kier alpha value is -1.69. The van der Waals surface area contributed by atoms with Crippen molar-refractivity contribution in [3.8, 4) is 0 Å². The van der Waals surface area contributed by atoms with Crippen molar-refractivity contribution in [1.82, 2.24) is 14.7 Å². The van der Waals surface area contributed by atoms with Crippen LogP contribution in [0.5, 0.6) is 0 Å². The molecule has 22 heavy (non-hydrogen) atoms. The molecule has 1 aromatic heterocycles. The molecule has 1 aromatic rings. The minimum absolute atomic E-state index is 0.00960. The van der Waals surface area contributed by atoms with Crippen LogP contribution in [0.2, 0.25) is 0 Å². The lowest BCUT2D eigenvalue weighted by Gasteiger charge is -2.30. The van der Waals surface area contributed by atoms with Crippen molar-refractivity contribution >= 4 is 5.91 Å². The maximum absolute atomic E-state index is 12.3. The Morgan fingerprint density at radius 3 is 2.77 bits per heavy atom. The van der Waals surface area contributed by atoms with Gasteiger partial charge in [0.2, 0.25) is 5.91 Å². The summed E-state index contributed by atoms with van der Waals surface area (Å²) in [7, 11) is 1.63. The second kappa shape index (κ2) is 6.20. The predicted octanol–water partition coefficient (Wildman–Crippen LogP) is 0.852. The number of aromatic nitrogens is 2. The number of aliphatic hydroxyl groups is 1. The number of hydrogen-bond donors (Lipinski definition) is 1. The number of carbonyl (C=O) groups is 1. The fraction of sp³-hybridized carbons (Fsp3) is 0.688. The van der Waals surface area contributed by atoms with Crippen LogP contribution in [-0.2, 0) is 24.8 Å². The van der Waals surface area contributed by atoms with Crippen molar-refractivity contribution in [2.45, 2.75) is 52.7 Å². The molecule has 1 aliphatic rings. The average molecular weight is 307 g/mol. The Morgan fingerprint density at radius 1 is 1.45 bits per heavy atom. The first-order valence-corrected chi connectivity index (χ1v) is 7.67. The third-order valence-corrected chi connectivity index (χ3v) is 3.85. The van der Waals surface area contributed by atoms with Crippen molar-refractivity contribution in [2.75, 3.05) is 6.54 Å². The van der Waals surface area contributed by atoms with Gasteiger partial charge in [-0.05, 0) is 11.8 Å². The molecule has 0 aliphatic carbocycles. The summed E-state index contributed by atoms with van der Waals surface area (Å²) < 4.78 is 1.32. The maximum Gasteiger partial charge on any atom is 0.266 e. The second-order valence-corrected chi connectivity index (χ2v) is 7.27. The SMILES string of the molecule is Cn1nc2c(cc1=O)CN(C(=O)CC(O)CC(C)(C)C)CC2. The van der Waals surface area contributed by atoms with Crippen LogP contribution in [0.1, 0.15) is 44.9 Å². The molecule has 1 atom stereocenters. The Labute approximate surface area is 130 Å². The van der Waals surface area contributed by atoms with E-state index in [0.29, 0.717) is 25.9 Å². The van der Waals surface area contributed by atoms with E-state index < -0.39 is 6.10 Å². The molecule has 1 aliphatic heterocycles. The minimum atomic E-state index is -0.629. The molecule has 122 valence electrons. The molecule has 2 heterocycles. The molecular weight excluding hydrogens is 282 g/mol. The Kier molecular flexibility index (Phi) is 4.70. The normalized spacial score (nSPS) is 16.3. The first-order chi connectivity index (χ1) is 10.2. The van der Waals surface area contributed by atoms with E-state index in [1.54, 1.807) is 18.0 Å². The van der Waals surface area contributed by atoms with E-state index in [-0.39, 0.29) is 23.3 Å². The van der Waals surface area contributed by atoms with Gasteiger partial charge < -0.3 is 10.0 Å². The minimum Gasteiger partial charge on any atom is -0.393 e. The van der Waals surface area contributed by atoms with E-state index in [1.165, 1.54) is 4.68 Å². The highest BCUT2D eigenvalue weighted by Gasteiger charge is 2.25. The number of nitrogens with zero attached hydrogens (tertiary/aromatic N) is 3. The van der Waals surface area contributed by atoms with Gasteiger partial charge in [-0.25, -0.2) is 4.68 Å². The number of hydrogen-bond acceptors (Lipinski definition) is 4. The van der Waals surface area contributed by atoms with Gasteiger partial charge in [0, 0.05) is 38.2 Å². The van der Waals surface area contributed by atoms with Crippen LogP contribution in [0.25, 0.3) is 0 Å². The standard InChI is InChI=1S/C16H25N3O3/c1-16(2,3)9-12(20)8-15(22)19-6-5-13-11(10-19)7-14(21)18(4)17-13/h7,12,20H,5-6,8-10H2,1-4H3. The molecule has 6 heteroatoms. The van der Waals surface area contributed by atoms with Crippen LogP contribution in [0.3, 0.4) is 0 Å². The van der Waals surface area contributed by atoms with Crippen molar-refractivity contribution < 1.29 is 9.90 Å². The number of aryl methyl sites for hydroxylation is 1. The van der Waals surface area contributed by atoms with Crippen LogP contribution in [0.15, 0.2) is 10.9 Å². The number of amides is 1. The highest BCUT2D eigenvalue weighted by Crippen LogP contribution is 2.23. The Morgan fingerprint density at radius 2 is 2.14 bits per heavy atom. The quantitative estimate of drug-likeness (QED) is 0.898. The number of carbonyl (C=O) groups excluding carboxylic acids is 1. The van der Waals surface area contributed by atoms with Gasteiger partial charge in [-0.3, -0.25) is 9.59 Å². The zero-order valence-electron chi connectivity index (χ0n) is 13.8. The molecule has 0 saturated carbocycles. The summed E-state index contributed by atoms with van der Waals surface area (Å²) in [6.45, 7) is 7.11. The molecular formula is C16H25N3O3. The summed E-state index contributed by atoms with van der Waals surface area (Å²) in [5, 5.41) is 14.3. The van der Waals surface area contributed by atoms with E-state index in [9.17, 15) is 14.7 Å². The fourth-order valence-corrected chi connectivity index (χ4v) is 2.82. The third kappa shape index (κ3) is 4.16. The van der Waals surface area contributed by atoms with Gasteiger partial charge in [-0.1, -0.05) is 20.8 Å².